The van der Waals surface area contributed by atoms with E-state index >= 15 is 0 Å². The highest BCUT2D eigenvalue weighted by atomic mass is 35.5. The second-order valence-electron chi connectivity index (χ2n) is 4.65. The molecule has 6 heteroatoms. The Labute approximate surface area is 128 Å². The molecule has 20 heavy (non-hydrogen) atoms. The third-order valence-electron chi connectivity index (χ3n) is 3.15. The van der Waals surface area contributed by atoms with Gasteiger partial charge in [-0.3, -0.25) is 5.84 Å². The van der Waals surface area contributed by atoms with Gasteiger partial charge in [0.15, 0.2) is 0 Å². The van der Waals surface area contributed by atoms with Gasteiger partial charge in [0.05, 0.1) is 16.1 Å². The van der Waals surface area contributed by atoms with Crippen LogP contribution in [0.2, 0.25) is 10.0 Å². The van der Waals surface area contributed by atoms with Crippen molar-refractivity contribution in [3.63, 3.8) is 0 Å². The first-order chi connectivity index (χ1) is 9.65. The summed E-state index contributed by atoms with van der Waals surface area (Å²) in [7, 11) is 0. The molecule has 1 atom stereocenters. The van der Waals surface area contributed by atoms with Crippen LogP contribution < -0.4 is 11.3 Å². The second-order valence-corrected chi connectivity index (χ2v) is 5.47. The van der Waals surface area contributed by atoms with Gasteiger partial charge in [0.1, 0.15) is 5.82 Å². The number of nitrogens with two attached hydrogens (primary N) is 1. The predicted octanol–water partition coefficient (Wildman–Crippen LogP) is 3.35. The highest BCUT2D eigenvalue weighted by molar-refractivity contribution is 6.42. The first-order valence-electron chi connectivity index (χ1n) is 6.56. The van der Waals surface area contributed by atoms with Crippen LogP contribution in [0, 0.1) is 0 Å². The molecule has 0 aliphatic heterocycles. The van der Waals surface area contributed by atoms with Crippen LogP contribution >= 0.6 is 23.2 Å². The summed E-state index contributed by atoms with van der Waals surface area (Å²) in [4.78, 5) is 4.40. The van der Waals surface area contributed by atoms with Crippen LogP contribution in [0.3, 0.4) is 0 Å². The summed E-state index contributed by atoms with van der Waals surface area (Å²) in [6, 6.07) is 5.55. The Bertz CT molecular complexity index is 568. The minimum Gasteiger partial charge on any atom is -0.334 e. The highest BCUT2D eigenvalue weighted by Crippen LogP contribution is 2.25. The van der Waals surface area contributed by atoms with Crippen LogP contribution in [-0.4, -0.2) is 9.55 Å². The quantitative estimate of drug-likeness (QED) is 0.635. The molecule has 1 aromatic heterocycles. The first kappa shape index (κ1) is 15.3. The summed E-state index contributed by atoms with van der Waals surface area (Å²) in [5.74, 6) is 6.61. The van der Waals surface area contributed by atoms with Gasteiger partial charge in [-0.2, -0.15) is 0 Å². The molecule has 0 amide bonds. The fraction of sp³-hybridized carbons (Fsp3) is 0.357. The fourth-order valence-corrected chi connectivity index (χ4v) is 2.51. The number of nitrogens with zero attached hydrogens (tertiary/aromatic N) is 2. The van der Waals surface area contributed by atoms with Crippen LogP contribution in [0.15, 0.2) is 30.6 Å². The molecule has 0 fully saturated rings. The van der Waals surface area contributed by atoms with Crippen molar-refractivity contribution in [3.05, 3.63) is 52.0 Å². The number of benzene rings is 1. The average molecular weight is 313 g/mol. The average Bonchev–Trinajstić information content (AvgIpc) is 2.88. The van der Waals surface area contributed by atoms with Gasteiger partial charge < -0.3 is 4.57 Å². The van der Waals surface area contributed by atoms with Crippen molar-refractivity contribution in [2.75, 3.05) is 0 Å². The lowest BCUT2D eigenvalue weighted by atomic mass is 10.1. The Morgan fingerprint density at radius 1 is 1.35 bits per heavy atom. The summed E-state index contributed by atoms with van der Waals surface area (Å²) in [5.41, 5.74) is 3.89. The van der Waals surface area contributed by atoms with Crippen molar-refractivity contribution in [2.45, 2.75) is 32.4 Å². The number of rotatable bonds is 6. The summed E-state index contributed by atoms with van der Waals surface area (Å²) in [5, 5.41) is 1.11. The van der Waals surface area contributed by atoms with Crippen LogP contribution in [0.4, 0.5) is 0 Å². The Morgan fingerprint density at radius 2 is 2.15 bits per heavy atom. The van der Waals surface area contributed by atoms with E-state index in [1.807, 2.05) is 18.3 Å². The second kappa shape index (κ2) is 7.09. The maximum atomic E-state index is 6.04. The minimum atomic E-state index is -0.0613. The number of hydrazine groups is 1. The maximum absolute atomic E-state index is 6.04. The van der Waals surface area contributed by atoms with E-state index in [0.29, 0.717) is 16.5 Å². The Kier molecular flexibility index (Phi) is 5.43. The van der Waals surface area contributed by atoms with Gasteiger partial charge in [0.2, 0.25) is 0 Å². The molecule has 3 N–H and O–H groups in total. The number of halogens is 2. The number of imidazole rings is 1. The number of aryl methyl sites for hydroxylation is 1. The molecule has 0 spiro atoms. The van der Waals surface area contributed by atoms with Crippen LogP contribution in [0.1, 0.15) is 30.8 Å². The number of hydrogen-bond acceptors (Lipinski definition) is 3. The first-order valence-corrected chi connectivity index (χ1v) is 7.32. The molecule has 1 heterocycles. The van der Waals surface area contributed by atoms with E-state index in [4.69, 9.17) is 29.0 Å². The molecule has 0 saturated carbocycles. The predicted molar refractivity (Wildman–Crippen MR) is 82.7 cm³/mol. The zero-order chi connectivity index (χ0) is 14.5. The van der Waals surface area contributed by atoms with E-state index in [9.17, 15) is 0 Å². The molecule has 1 unspecified atom stereocenters. The van der Waals surface area contributed by atoms with E-state index < -0.39 is 0 Å². The maximum Gasteiger partial charge on any atom is 0.127 e. The Hall–Kier alpha value is -1.07. The molecule has 0 saturated heterocycles. The lowest BCUT2D eigenvalue weighted by molar-refractivity contribution is 0.488. The summed E-state index contributed by atoms with van der Waals surface area (Å²) >= 11 is 12.0. The van der Waals surface area contributed by atoms with E-state index in [1.54, 1.807) is 12.3 Å². The normalized spacial score (nSPS) is 12.6. The van der Waals surface area contributed by atoms with E-state index in [-0.39, 0.29) is 6.04 Å². The van der Waals surface area contributed by atoms with Gasteiger partial charge in [-0.15, -0.1) is 0 Å². The summed E-state index contributed by atoms with van der Waals surface area (Å²) in [6.45, 7) is 3.06. The molecule has 1 aromatic carbocycles. The van der Waals surface area contributed by atoms with Crippen LogP contribution in [-0.2, 0) is 13.0 Å². The van der Waals surface area contributed by atoms with E-state index in [1.165, 1.54) is 0 Å². The molecule has 4 nitrogen and oxygen atoms in total. The van der Waals surface area contributed by atoms with Crippen LogP contribution in [0.25, 0.3) is 0 Å². The minimum absolute atomic E-state index is 0.0613. The van der Waals surface area contributed by atoms with Gasteiger partial charge in [-0.25, -0.2) is 10.4 Å². The Balaban J connectivity index is 2.19. The zero-order valence-corrected chi connectivity index (χ0v) is 12.8. The van der Waals surface area contributed by atoms with Crippen molar-refractivity contribution in [1.29, 1.82) is 0 Å². The SMILES string of the molecule is CCCn1ccnc1C(Cc1ccc(Cl)c(Cl)c1)NN. The van der Waals surface area contributed by atoms with Gasteiger partial charge in [0, 0.05) is 18.9 Å². The zero-order valence-electron chi connectivity index (χ0n) is 11.3. The lowest BCUT2D eigenvalue weighted by Crippen LogP contribution is -2.31. The number of nitrogens with one attached hydrogen (secondary N) is 1. The Morgan fingerprint density at radius 3 is 2.80 bits per heavy atom. The molecular formula is C14H18Cl2N4. The van der Waals surface area contributed by atoms with Gasteiger partial charge >= 0.3 is 0 Å². The topological polar surface area (TPSA) is 55.9 Å². The van der Waals surface area contributed by atoms with Crippen molar-refractivity contribution < 1.29 is 0 Å². The molecule has 2 aromatic rings. The number of hydrogen-bond donors (Lipinski definition) is 2. The lowest BCUT2D eigenvalue weighted by Gasteiger charge is -2.17. The number of aromatic nitrogens is 2. The van der Waals surface area contributed by atoms with Gasteiger partial charge in [-0.1, -0.05) is 36.2 Å². The van der Waals surface area contributed by atoms with Crippen molar-refractivity contribution in [1.82, 2.24) is 15.0 Å². The summed E-state index contributed by atoms with van der Waals surface area (Å²) < 4.78 is 2.11. The third-order valence-corrected chi connectivity index (χ3v) is 3.89. The van der Waals surface area contributed by atoms with Gasteiger partial charge in [0.25, 0.3) is 0 Å². The van der Waals surface area contributed by atoms with Crippen molar-refractivity contribution in [2.24, 2.45) is 5.84 Å². The largest absolute Gasteiger partial charge is 0.334 e. The molecular weight excluding hydrogens is 295 g/mol. The van der Waals surface area contributed by atoms with E-state index in [2.05, 4.69) is 21.9 Å². The third kappa shape index (κ3) is 3.52. The van der Waals surface area contributed by atoms with Gasteiger partial charge in [-0.05, 0) is 30.5 Å². The van der Waals surface area contributed by atoms with E-state index in [0.717, 1.165) is 24.4 Å². The molecule has 0 radical (unpaired) electrons. The summed E-state index contributed by atoms with van der Waals surface area (Å²) in [6.07, 6.45) is 5.52. The molecule has 0 bridgehead atoms. The van der Waals surface area contributed by atoms with Crippen LogP contribution in [0.5, 0.6) is 0 Å². The molecule has 0 aliphatic rings. The fourth-order valence-electron chi connectivity index (χ4n) is 2.19. The standard InChI is InChI=1S/C14H18Cl2N4/c1-2-6-20-7-5-18-14(20)13(19-17)9-10-3-4-11(15)12(16)8-10/h3-5,7-8,13,19H,2,6,9,17H2,1H3. The monoisotopic (exact) mass is 312 g/mol. The van der Waals surface area contributed by atoms with Crippen molar-refractivity contribution >= 4 is 23.2 Å². The highest BCUT2D eigenvalue weighted by Gasteiger charge is 2.16. The van der Waals surface area contributed by atoms with Crippen molar-refractivity contribution in [3.8, 4) is 0 Å². The molecule has 0 aliphatic carbocycles. The smallest absolute Gasteiger partial charge is 0.127 e. The molecule has 108 valence electrons. The molecule has 2 rings (SSSR count).